The predicted octanol–water partition coefficient (Wildman–Crippen LogP) is 1.04. The van der Waals surface area contributed by atoms with Crippen LogP contribution >= 0.6 is 0 Å². The van der Waals surface area contributed by atoms with Gasteiger partial charge in [-0.3, -0.25) is 19.1 Å². The second-order valence-electron chi connectivity index (χ2n) is 8.71. The molecule has 0 bridgehead atoms. The van der Waals surface area contributed by atoms with Gasteiger partial charge in [-0.25, -0.2) is 0 Å². The largest absolute Gasteiger partial charge is 0.383 e. The van der Waals surface area contributed by atoms with E-state index in [1.54, 1.807) is 11.8 Å². The van der Waals surface area contributed by atoms with Gasteiger partial charge in [0, 0.05) is 58.7 Å². The van der Waals surface area contributed by atoms with Crippen LogP contribution in [0.3, 0.4) is 0 Å². The van der Waals surface area contributed by atoms with Gasteiger partial charge in [-0.2, -0.15) is 5.10 Å². The summed E-state index contributed by atoms with van der Waals surface area (Å²) in [6.45, 7) is 3.33. The Morgan fingerprint density at radius 2 is 1.97 bits per heavy atom. The second-order valence-corrected chi connectivity index (χ2v) is 8.71. The van der Waals surface area contributed by atoms with Crippen LogP contribution in [0.4, 0.5) is 0 Å². The lowest BCUT2D eigenvalue weighted by molar-refractivity contribution is -0.129. The molecule has 2 saturated heterocycles. The van der Waals surface area contributed by atoms with E-state index < -0.39 is 0 Å². The third-order valence-corrected chi connectivity index (χ3v) is 6.53. The number of likely N-dealkylation sites (tertiary alicyclic amines) is 2. The molecule has 9 nitrogen and oxygen atoms in total. The first-order valence-corrected chi connectivity index (χ1v) is 11.2. The molecule has 1 aromatic heterocycles. The van der Waals surface area contributed by atoms with Gasteiger partial charge in [0.25, 0.3) is 5.91 Å². The molecule has 1 N–H and O–H groups in total. The average molecular weight is 442 g/mol. The number of nitrogens with zero attached hydrogens (tertiary/aromatic N) is 4. The molecule has 32 heavy (non-hydrogen) atoms. The normalized spacial score (nSPS) is 19.7. The van der Waals surface area contributed by atoms with Gasteiger partial charge in [-0.15, -0.1) is 0 Å². The molecular weight excluding hydrogens is 410 g/mol. The van der Waals surface area contributed by atoms with Crippen LogP contribution in [0.2, 0.25) is 0 Å². The molecule has 0 saturated carbocycles. The predicted molar refractivity (Wildman–Crippen MR) is 119 cm³/mol. The second kappa shape index (κ2) is 9.68. The van der Waals surface area contributed by atoms with E-state index in [-0.39, 0.29) is 30.1 Å². The molecule has 0 radical (unpaired) electrons. The summed E-state index contributed by atoms with van der Waals surface area (Å²) in [6.07, 6.45) is 1.94. The first-order chi connectivity index (χ1) is 15.5. The number of benzene rings is 1. The van der Waals surface area contributed by atoms with Crippen LogP contribution in [-0.2, 0) is 21.4 Å². The van der Waals surface area contributed by atoms with Gasteiger partial charge >= 0.3 is 0 Å². The van der Waals surface area contributed by atoms with Crippen LogP contribution in [0.1, 0.15) is 29.8 Å². The van der Waals surface area contributed by atoms with Gasteiger partial charge in [-0.1, -0.05) is 18.2 Å². The fraction of sp³-hybridized carbons (Fsp3) is 0.565. The van der Waals surface area contributed by atoms with Crippen LogP contribution < -0.4 is 5.32 Å². The molecule has 1 atom stereocenters. The van der Waals surface area contributed by atoms with E-state index in [1.165, 1.54) is 0 Å². The molecule has 0 aliphatic carbocycles. The summed E-state index contributed by atoms with van der Waals surface area (Å²) in [5.74, 6) is -0.0428. The number of methoxy groups -OCH3 is 1. The maximum absolute atomic E-state index is 13.1. The fourth-order valence-electron chi connectivity index (χ4n) is 4.70. The molecule has 172 valence electrons. The molecular formula is C23H31N5O4. The standard InChI is InChI=1S/C23H31N5O4/c1-26-19-6-4-3-5-18(19)21(25-26)23(31)27-10-7-16(8-11-27)14-28-15-17(13-20(28)29)22(30)24-9-12-32-2/h3-6,16-17H,7-15H2,1-2H3,(H,24,30). The Kier molecular flexibility index (Phi) is 6.74. The van der Waals surface area contributed by atoms with Crippen molar-refractivity contribution in [2.75, 3.05) is 46.4 Å². The Morgan fingerprint density at radius 1 is 1.22 bits per heavy atom. The first-order valence-electron chi connectivity index (χ1n) is 11.2. The summed E-state index contributed by atoms with van der Waals surface area (Å²) in [5.41, 5.74) is 1.44. The molecule has 2 aliphatic rings. The van der Waals surface area contributed by atoms with Crippen molar-refractivity contribution >= 4 is 28.6 Å². The van der Waals surface area contributed by atoms with Gasteiger partial charge in [0.1, 0.15) is 0 Å². The molecule has 1 aromatic carbocycles. The number of nitrogens with one attached hydrogen (secondary N) is 1. The topological polar surface area (TPSA) is 96.8 Å². The zero-order valence-corrected chi connectivity index (χ0v) is 18.7. The van der Waals surface area contributed by atoms with Gasteiger partial charge in [0.2, 0.25) is 11.8 Å². The zero-order chi connectivity index (χ0) is 22.7. The van der Waals surface area contributed by atoms with E-state index in [9.17, 15) is 14.4 Å². The van der Waals surface area contributed by atoms with Crippen LogP contribution in [-0.4, -0.2) is 83.7 Å². The number of fused-ring (bicyclic) bond motifs is 1. The van der Waals surface area contributed by atoms with Crippen molar-refractivity contribution in [1.29, 1.82) is 0 Å². The fourth-order valence-corrected chi connectivity index (χ4v) is 4.70. The number of carbonyl (C=O) groups excluding carboxylic acids is 3. The van der Waals surface area contributed by atoms with Crippen LogP contribution in [0.15, 0.2) is 24.3 Å². The number of hydrogen-bond acceptors (Lipinski definition) is 5. The van der Waals surface area contributed by atoms with E-state index >= 15 is 0 Å². The van der Waals surface area contributed by atoms with E-state index in [4.69, 9.17) is 4.74 Å². The number of hydrogen-bond donors (Lipinski definition) is 1. The summed E-state index contributed by atoms with van der Waals surface area (Å²) in [7, 11) is 3.44. The SMILES string of the molecule is COCCNC(=O)C1CC(=O)N(CC2CCN(C(=O)c3nn(C)c4ccccc34)CC2)C1. The Hall–Kier alpha value is -2.94. The zero-order valence-electron chi connectivity index (χ0n) is 18.7. The number of aromatic nitrogens is 2. The lowest BCUT2D eigenvalue weighted by Gasteiger charge is -2.33. The van der Waals surface area contributed by atoms with Crippen LogP contribution in [0.25, 0.3) is 10.9 Å². The number of amides is 3. The number of carbonyl (C=O) groups is 3. The summed E-state index contributed by atoms with van der Waals surface area (Å²) in [4.78, 5) is 41.4. The van der Waals surface area contributed by atoms with Crippen molar-refractivity contribution in [2.45, 2.75) is 19.3 Å². The first kappa shape index (κ1) is 22.3. The van der Waals surface area contributed by atoms with Crippen molar-refractivity contribution in [3.63, 3.8) is 0 Å². The molecule has 2 aromatic rings. The number of rotatable bonds is 7. The highest BCUT2D eigenvalue weighted by Crippen LogP contribution is 2.26. The quantitative estimate of drug-likeness (QED) is 0.648. The number of piperidine rings is 1. The maximum Gasteiger partial charge on any atom is 0.275 e. The van der Waals surface area contributed by atoms with Gasteiger partial charge in [0.15, 0.2) is 5.69 Å². The van der Waals surface area contributed by atoms with Crippen molar-refractivity contribution in [2.24, 2.45) is 18.9 Å². The maximum atomic E-state index is 13.1. The highest BCUT2D eigenvalue weighted by Gasteiger charge is 2.36. The Morgan fingerprint density at radius 3 is 2.72 bits per heavy atom. The molecule has 3 heterocycles. The number of ether oxygens (including phenoxy) is 1. The van der Waals surface area contributed by atoms with E-state index in [0.29, 0.717) is 50.9 Å². The molecule has 2 aliphatic heterocycles. The smallest absolute Gasteiger partial charge is 0.275 e. The lowest BCUT2D eigenvalue weighted by atomic mass is 9.96. The Bertz CT molecular complexity index is 995. The third kappa shape index (κ3) is 4.62. The number of para-hydroxylation sites is 1. The molecule has 1 unspecified atom stereocenters. The lowest BCUT2D eigenvalue weighted by Crippen LogP contribution is -2.42. The Labute approximate surface area is 187 Å². The van der Waals surface area contributed by atoms with Gasteiger partial charge in [0.05, 0.1) is 18.0 Å². The van der Waals surface area contributed by atoms with Crippen molar-refractivity contribution in [3.8, 4) is 0 Å². The number of aryl methyl sites for hydroxylation is 1. The summed E-state index contributed by atoms with van der Waals surface area (Å²) >= 11 is 0. The molecule has 4 rings (SSSR count). The average Bonchev–Trinajstić information content (AvgIpc) is 3.34. The highest BCUT2D eigenvalue weighted by atomic mass is 16.5. The minimum atomic E-state index is -0.293. The van der Waals surface area contributed by atoms with Crippen LogP contribution in [0, 0.1) is 11.8 Å². The summed E-state index contributed by atoms with van der Waals surface area (Å²) in [5, 5.41) is 8.15. The van der Waals surface area contributed by atoms with Gasteiger partial charge in [-0.05, 0) is 24.8 Å². The van der Waals surface area contributed by atoms with E-state index in [1.807, 2.05) is 41.1 Å². The minimum Gasteiger partial charge on any atom is -0.383 e. The van der Waals surface area contributed by atoms with E-state index in [2.05, 4.69) is 10.4 Å². The molecule has 9 heteroatoms. The van der Waals surface area contributed by atoms with Gasteiger partial charge < -0.3 is 19.9 Å². The molecule has 2 fully saturated rings. The third-order valence-electron chi connectivity index (χ3n) is 6.53. The Balaban J connectivity index is 1.29. The summed E-state index contributed by atoms with van der Waals surface area (Å²) < 4.78 is 6.69. The van der Waals surface area contributed by atoms with Crippen LogP contribution in [0.5, 0.6) is 0 Å². The molecule has 3 amide bonds. The van der Waals surface area contributed by atoms with Crippen molar-refractivity contribution in [3.05, 3.63) is 30.0 Å². The van der Waals surface area contributed by atoms with Crippen molar-refractivity contribution in [1.82, 2.24) is 24.9 Å². The minimum absolute atomic E-state index is 0.0368. The molecule has 0 spiro atoms. The summed E-state index contributed by atoms with van der Waals surface area (Å²) in [6, 6.07) is 7.76. The van der Waals surface area contributed by atoms with E-state index in [0.717, 1.165) is 23.7 Å². The highest BCUT2D eigenvalue weighted by molar-refractivity contribution is 6.04. The monoisotopic (exact) mass is 441 g/mol. The van der Waals surface area contributed by atoms with Crippen molar-refractivity contribution < 1.29 is 19.1 Å².